The Hall–Kier alpha value is -1.92. The lowest BCUT2D eigenvalue weighted by Gasteiger charge is -2.10. The second kappa shape index (κ2) is 6.24. The molecule has 0 saturated heterocycles. The lowest BCUT2D eigenvalue weighted by atomic mass is 9.93. The van der Waals surface area contributed by atoms with Crippen molar-refractivity contribution >= 4 is 11.6 Å². The molecule has 0 fully saturated rings. The molecule has 1 aliphatic carbocycles. The molecule has 1 N–H and O–H groups in total. The summed E-state index contributed by atoms with van der Waals surface area (Å²) in [4.78, 5) is 23.9. The molecule has 7 heteroatoms. The van der Waals surface area contributed by atoms with Gasteiger partial charge in [-0.25, -0.2) is 0 Å². The summed E-state index contributed by atoms with van der Waals surface area (Å²) in [5, 5.41) is 5.14. The highest BCUT2D eigenvalue weighted by atomic mass is 19.4. The van der Waals surface area contributed by atoms with Crippen LogP contribution in [0.25, 0.3) is 0 Å². The van der Waals surface area contributed by atoms with Crippen molar-refractivity contribution in [3.63, 3.8) is 0 Å². The number of hydrogen-bond acceptors (Lipinski definition) is 3. The predicted octanol–water partition coefficient (Wildman–Crippen LogP) is 3.46. The molecule has 0 radical (unpaired) electrons. The maximum absolute atomic E-state index is 12.7. The summed E-state index contributed by atoms with van der Waals surface area (Å²) < 4.78 is 38.1. The van der Waals surface area contributed by atoms with Crippen molar-refractivity contribution in [2.45, 2.75) is 44.7 Å². The van der Waals surface area contributed by atoms with Crippen LogP contribution in [0.4, 0.5) is 13.2 Å². The van der Waals surface area contributed by atoms with Gasteiger partial charge in [0.1, 0.15) is 0 Å². The molecule has 2 rings (SSSR count). The smallest absolute Gasteiger partial charge is 0.295 e. The van der Waals surface area contributed by atoms with E-state index < -0.39 is 23.2 Å². The van der Waals surface area contributed by atoms with E-state index in [1.807, 2.05) is 0 Å². The molecular weight excluding hydrogens is 285 g/mol. The highest BCUT2D eigenvalue weighted by molar-refractivity contribution is 6.06. The van der Waals surface area contributed by atoms with Gasteiger partial charge in [0.15, 0.2) is 17.3 Å². The molecule has 0 unspecified atom stereocenters. The zero-order valence-corrected chi connectivity index (χ0v) is 11.3. The van der Waals surface area contributed by atoms with Gasteiger partial charge in [-0.3, -0.25) is 14.7 Å². The first-order chi connectivity index (χ1) is 9.89. The van der Waals surface area contributed by atoms with Crippen LogP contribution in [0, 0.1) is 0 Å². The summed E-state index contributed by atoms with van der Waals surface area (Å²) >= 11 is 0. The Morgan fingerprint density at radius 1 is 1.29 bits per heavy atom. The molecule has 1 aliphatic rings. The summed E-state index contributed by atoms with van der Waals surface area (Å²) in [7, 11) is 0. The van der Waals surface area contributed by atoms with Crippen LogP contribution in [-0.2, 0) is 11.0 Å². The zero-order chi connectivity index (χ0) is 15.5. The van der Waals surface area contributed by atoms with Gasteiger partial charge in [-0.15, -0.1) is 0 Å². The number of H-pyrrole nitrogens is 1. The highest BCUT2D eigenvalue weighted by Crippen LogP contribution is 2.31. The maximum Gasteiger partial charge on any atom is 0.435 e. The van der Waals surface area contributed by atoms with Crippen molar-refractivity contribution in [3.8, 4) is 0 Å². The number of hydrogen-bond donors (Lipinski definition) is 1. The van der Waals surface area contributed by atoms with Crippen LogP contribution in [0.15, 0.2) is 17.8 Å². The molecule has 0 aliphatic heterocycles. The second-order valence-electron chi connectivity index (χ2n) is 5.00. The summed E-state index contributed by atoms with van der Waals surface area (Å²) in [6.45, 7) is 0. The van der Waals surface area contributed by atoms with E-state index in [1.165, 1.54) is 0 Å². The van der Waals surface area contributed by atoms with E-state index in [1.54, 1.807) is 6.08 Å². The third-order valence-corrected chi connectivity index (χ3v) is 3.42. The van der Waals surface area contributed by atoms with Crippen molar-refractivity contribution < 1.29 is 22.8 Å². The van der Waals surface area contributed by atoms with Gasteiger partial charge in [-0.1, -0.05) is 12.5 Å². The molecule has 0 aromatic carbocycles. The number of nitrogens with one attached hydrogen (secondary N) is 1. The molecule has 1 aromatic rings. The van der Waals surface area contributed by atoms with E-state index in [9.17, 15) is 22.8 Å². The van der Waals surface area contributed by atoms with Crippen molar-refractivity contribution in [1.82, 2.24) is 10.2 Å². The molecule has 0 spiro atoms. The molecule has 21 heavy (non-hydrogen) atoms. The Morgan fingerprint density at radius 3 is 2.76 bits per heavy atom. The number of allylic oxidation sites excluding steroid dienone is 2. The van der Waals surface area contributed by atoms with E-state index in [4.69, 9.17) is 0 Å². The van der Waals surface area contributed by atoms with E-state index in [2.05, 4.69) is 10.2 Å². The van der Waals surface area contributed by atoms with Crippen LogP contribution in [-0.4, -0.2) is 21.8 Å². The van der Waals surface area contributed by atoms with E-state index in [0.29, 0.717) is 18.4 Å². The number of aromatic amines is 1. The summed E-state index contributed by atoms with van der Waals surface area (Å²) in [6.07, 6.45) is 1.25. The second-order valence-corrected chi connectivity index (χ2v) is 5.00. The number of carbonyl (C=O) groups is 2. The van der Waals surface area contributed by atoms with E-state index >= 15 is 0 Å². The van der Waals surface area contributed by atoms with Crippen molar-refractivity contribution in [2.75, 3.05) is 0 Å². The van der Waals surface area contributed by atoms with Crippen molar-refractivity contribution in [3.05, 3.63) is 29.1 Å². The number of nitrogens with zero attached hydrogens (tertiary/aromatic N) is 1. The number of aromatic nitrogens is 2. The Morgan fingerprint density at radius 2 is 2.05 bits per heavy atom. The van der Waals surface area contributed by atoms with Gasteiger partial charge in [0.05, 0.1) is 5.56 Å². The standard InChI is InChI=1S/C14H15F3N2O2/c15-14(16,17)13-10(8-18-19-13)12(21)7-9-5-3-1-2-4-6-11(9)20/h5,8H,1-4,6-7H2,(H,18,19)/b9-5-. The van der Waals surface area contributed by atoms with Crippen LogP contribution in [0.2, 0.25) is 0 Å². The summed E-state index contributed by atoms with van der Waals surface area (Å²) in [5.74, 6) is -0.892. The van der Waals surface area contributed by atoms with Gasteiger partial charge in [-0.05, 0) is 24.8 Å². The monoisotopic (exact) mass is 300 g/mol. The Kier molecular flexibility index (Phi) is 4.59. The average molecular weight is 300 g/mol. The van der Waals surface area contributed by atoms with Gasteiger partial charge < -0.3 is 0 Å². The van der Waals surface area contributed by atoms with Crippen LogP contribution in [0.5, 0.6) is 0 Å². The van der Waals surface area contributed by atoms with Gasteiger partial charge in [0.25, 0.3) is 0 Å². The van der Waals surface area contributed by atoms with Crippen molar-refractivity contribution in [1.29, 1.82) is 0 Å². The molecule has 1 heterocycles. The number of halogens is 3. The third-order valence-electron chi connectivity index (χ3n) is 3.42. The van der Waals surface area contributed by atoms with Crippen LogP contribution in [0.3, 0.4) is 0 Å². The minimum Gasteiger partial charge on any atom is -0.295 e. The molecular formula is C14H15F3N2O2. The average Bonchev–Trinajstić information content (AvgIpc) is 2.87. The van der Waals surface area contributed by atoms with Crippen molar-refractivity contribution in [2.24, 2.45) is 0 Å². The molecule has 0 saturated carbocycles. The number of Topliss-reactive ketones (excluding diaryl/α,β-unsaturated/α-hetero) is 2. The minimum atomic E-state index is -4.69. The molecule has 4 nitrogen and oxygen atoms in total. The summed E-state index contributed by atoms with van der Waals surface area (Å²) in [6, 6.07) is 0. The van der Waals surface area contributed by atoms with E-state index in [0.717, 1.165) is 25.5 Å². The number of carbonyl (C=O) groups excluding carboxylic acids is 2. The third kappa shape index (κ3) is 3.80. The molecule has 114 valence electrons. The summed E-state index contributed by atoms with van der Waals surface area (Å²) in [5.41, 5.74) is -1.43. The molecule has 1 aromatic heterocycles. The first-order valence-corrected chi connectivity index (χ1v) is 6.76. The highest BCUT2D eigenvalue weighted by Gasteiger charge is 2.38. The topological polar surface area (TPSA) is 62.8 Å². The first kappa shape index (κ1) is 15.5. The fraction of sp³-hybridized carbons (Fsp3) is 0.500. The largest absolute Gasteiger partial charge is 0.435 e. The van der Waals surface area contributed by atoms with E-state index in [-0.39, 0.29) is 12.2 Å². The Bertz CT molecular complexity index is 573. The predicted molar refractivity (Wildman–Crippen MR) is 68.7 cm³/mol. The fourth-order valence-electron chi connectivity index (χ4n) is 2.31. The molecule has 0 bridgehead atoms. The normalized spacial score (nSPS) is 19.6. The molecule has 0 atom stereocenters. The van der Waals surface area contributed by atoms with Crippen LogP contribution in [0.1, 0.15) is 54.6 Å². The Balaban J connectivity index is 2.18. The zero-order valence-electron chi connectivity index (χ0n) is 11.3. The maximum atomic E-state index is 12.7. The van der Waals surface area contributed by atoms with Crippen LogP contribution >= 0.6 is 0 Å². The fourth-order valence-corrected chi connectivity index (χ4v) is 2.31. The number of rotatable bonds is 3. The quantitative estimate of drug-likeness (QED) is 0.869. The minimum absolute atomic E-state index is 0.153. The van der Waals surface area contributed by atoms with Gasteiger partial charge in [-0.2, -0.15) is 18.3 Å². The van der Waals surface area contributed by atoms with Gasteiger partial charge in [0.2, 0.25) is 0 Å². The first-order valence-electron chi connectivity index (χ1n) is 6.76. The SMILES string of the molecule is O=C1CCCCC/C=C\1CC(=O)c1c[nH]nc1C(F)(F)F. The Labute approximate surface area is 119 Å². The van der Waals surface area contributed by atoms with Gasteiger partial charge in [0, 0.05) is 19.0 Å². The molecule has 0 amide bonds. The number of ketones is 2. The van der Waals surface area contributed by atoms with Gasteiger partial charge >= 0.3 is 6.18 Å². The number of alkyl halides is 3. The lowest BCUT2D eigenvalue weighted by Crippen LogP contribution is -2.15. The van der Waals surface area contributed by atoms with Crippen LogP contribution < -0.4 is 0 Å². The lowest BCUT2D eigenvalue weighted by molar-refractivity contribution is -0.141.